The van der Waals surface area contributed by atoms with Crippen LogP contribution in [0.25, 0.3) is 10.2 Å². The summed E-state index contributed by atoms with van der Waals surface area (Å²) in [7, 11) is -3.67. The van der Waals surface area contributed by atoms with Gasteiger partial charge in [-0.15, -0.1) is 0 Å². The van der Waals surface area contributed by atoms with Crippen LogP contribution in [0.1, 0.15) is 11.1 Å². The maximum Gasteiger partial charge on any atom is 0.416 e. The monoisotopic (exact) mass is 390 g/mol. The minimum atomic E-state index is -4.57. The number of rotatable bonds is 0. The van der Waals surface area contributed by atoms with E-state index < -0.39 is 40.7 Å². The third-order valence-corrected chi connectivity index (χ3v) is 3.99. The molecule has 0 spiro atoms. The van der Waals surface area contributed by atoms with Crippen molar-refractivity contribution < 1.29 is 34.9 Å². The molecule has 0 saturated heterocycles. The highest BCUT2D eigenvalue weighted by molar-refractivity contribution is 7.85. The Morgan fingerprint density at radius 1 is 1.33 bits per heavy atom. The van der Waals surface area contributed by atoms with E-state index in [1.807, 2.05) is 0 Å². The number of nitrogens with zero attached hydrogens (tertiary/aromatic N) is 1. The van der Waals surface area contributed by atoms with Gasteiger partial charge in [0.25, 0.3) is 16.0 Å². The number of nitrogens with one attached hydrogen (secondary N) is 1. The number of alkyl halides is 5. The number of hydrogen-bond acceptors (Lipinski definition) is 4. The summed E-state index contributed by atoms with van der Waals surface area (Å²) in [5.74, 6) is -3.12. The third kappa shape index (κ3) is 4.30. The van der Waals surface area contributed by atoms with Gasteiger partial charge in [0, 0.05) is 6.42 Å². The van der Waals surface area contributed by atoms with Crippen LogP contribution in [0.2, 0.25) is 0 Å². The van der Waals surface area contributed by atoms with Crippen molar-refractivity contribution in [3.05, 3.63) is 28.1 Å². The van der Waals surface area contributed by atoms with E-state index >= 15 is 0 Å². The highest BCUT2D eigenvalue weighted by atomic mass is 32.2. The molecule has 2 aromatic rings. The highest BCUT2D eigenvalue weighted by Gasteiger charge is 2.39. The van der Waals surface area contributed by atoms with Crippen molar-refractivity contribution in [2.75, 3.05) is 6.26 Å². The second-order valence-corrected chi connectivity index (χ2v) is 7.74. The molecule has 1 aromatic carbocycles. The first-order chi connectivity index (χ1) is 10.7. The van der Waals surface area contributed by atoms with E-state index in [1.165, 1.54) is 0 Å². The molecule has 0 saturated carbocycles. The molecule has 0 atom stereocenters. The fraction of sp³-hybridized carbons (Fsp3) is 0.417. The second-order valence-electron chi connectivity index (χ2n) is 5.24. The van der Waals surface area contributed by atoms with Crippen LogP contribution < -0.4 is 4.80 Å². The molecule has 0 amide bonds. The zero-order chi connectivity index (χ0) is 18.5. The summed E-state index contributed by atoms with van der Waals surface area (Å²) in [5.41, 5.74) is -0.661. The Labute approximate surface area is 136 Å². The van der Waals surface area contributed by atoms with Gasteiger partial charge in [-0.05, 0) is 17.7 Å². The van der Waals surface area contributed by atoms with Gasteiger partial charge in [-0.25, -0.2) is 8.78 Å². The lowest BCUT2D eigenvalue weighted by molar-refractivity contribution is -0.137. The summed E-state index contributed by atoms with van der Waals surface area (Å²) >= 11 is 0.785. The van der Waals surface area contributed by atoms with Crippen molar-refractivity contribution in [3.8, 4) is 0 Å². The molecule has 0 aliphatic carbocycles. The predicted molar refractivity (Wildman–Crippen MR) is 76.8 cm³/mol. The Kier molecular flexibility index (Phi) is 4.52. The van der Waals surface area contributed by atoms with E-state index in [2.05, 4.69) is 0 Å². The molecule has 1 aliphatic rings. The normalized spacial score (nSPS) is 16.6. The SMILES string of the molecule is CS(=O)(=O)O.N=c1sc2cc(C(F)(F)F)cc3c2n1CC(F)(F)C3. The van der Waals surface area contributed by atoms with Gasteiger partial charge >= 0.3 is 6.18 Å². The topological polar surface area (TPSA) is 83.2 Å². The molecular weight excluding hydrogens is 379 g/mol. The maximum absolute atomic E-state index is 13.5. The first-order valence-corrected chi connectivity index (χ1v) is 8.92. The maximum atomic E-state index is 13.5. The minimum Gasteiger partial charge on any atom is -0.311 e. The van der Waals surface area contributed by atoms with E-state index in [-0.39, 0.29) is 15.1 Å². The largest absolute Gasteiger partial charge is 0.416 e. The van der Waals surface area contributed by atoms with Crippen LogP contribution in [-0.2, 0) is 29.3 Å². The fourth-order valence-electron chi connectivity index (χ4n) is 2.33. The van der Waals surface area contributed by atoms with Gasteiger partial charge in [0.05, 0.1) is 28.6 Å². The van der Waals surface area contributed by atoms with Gasteiger partial charge in [0.1, 0.15) is 0 Å². The van der Waals surface area contributed by atoms with Crippen molar-refractivity contribution in [2.24, 2.45) is 0 Å². The number of halogens is 5. The van der Waals surface area contributed by atoms with Gasteiger partial charge in [0.2, 0.25) is 0 Å². The standard InChI is InChI=1S/C11H7F5N2S.CH4O3S/c12-10(13)3-5-1-6(11(14,15)16)2-7-8(5)18(4-10)9(17)19-7;1-5(2,3)4/h1-2,17H,3-4H2;1H3,(H,2,3,4). The van der Waals surface area contributed by atoms with Gasteiger partial charge < -0.3 is 4.57 Å². The van der Waals surface area contributed by atoms with E-state index in [9.17, 15) is 30.4 Å². The van der Waals surface area contributed by atoms with Gasteiger partial charge in [-0.3, -0.25) is 9.96 Å². The van der Waals surface area contributed by atoms with Gasteiger partial charge in [-0.2, -0.15) is 21.6 Å². The molecule has 1 aliphatic heterocycles. The Hall–Kier alpha value is -1.53. The lowest BCUT2D eigenvalue weighted by Gasteiger charge is -2.24. The van der Waals surface area contributed by atoms with Crippen LogP contribution in [-0.4, -0.2) is 29.7 Å². The molecule has 12 heteroatoms. The molecule has 2 heterocycles. The van der Waals surface area contributed by atoms with Crippen molar-refractivity contribution in [1.29, 1.82) is 5.41 Å². The molecule has 0 bridgehead atoms. The van der Waals surface area contributed by atoms with Crippen molar-refractivity contribution in [2.45, 2.75) is 25.1 Å². The molecular formula is C12H11F5N2O3S2. The molecule has 134 valence electrons. The van der Waals surface area contributed by atoms with Crippen LogP contribution in [0.5, 0.6) is 0 Å². The van der Waals surface area contributed by atoms with Crippen LogP contribution in [0, 0.1) is 5.41 Å². The molecule has 5 nitrogen and oxygen atoms in total. The van der Waals surface area contributed by atoms with Crippen LogP contribution in [0.15, 0.2) is 12.1 Å². The Morgan fingerprint density at radius 2 is 1.88 bits per heavy atom. The van der Waals surface area contributed by atoms with Crippen LogP contribution >= 0.6 is 11.3 Å². The van der Waals surface area contributed by atoms with E-state index in [0.29, 0.717) is 11.8 Å². The smallest absolute Gasteiger partial charge is 0.311 e. The number of thiazole rings is 1. The predicted octanol–water partition coefficient (Wildman–Crippen LogP) is 2.90. The first kappa shape index (κ1) is 18.8. The molecule has 0 fully saturated rings. The Morgan fingerprint density at radius 3 is 2.38 bits per heavy atom. The van der Waals surface area contributed by atoms with Crippen molar-refractivity contribution in [1.82, 2.24) is 4.57 Å². The Balaban J connectivity index is 0.000000368. The van der Waals surface area contributed by atoms with Crippen molar-refractivity contribution >= 4 is 31.7 Å². The van der Waals surface area contributed by atoms with E-state index in [4.69, 9.17) is 9.96 Å². The summed E-state index contributed by atoms with van der Waals surface area (Å²) < 4.78 is 92.4. The highest BCUT2D eigenvalue weighted by Crippen LogP contribution is 2.38. The number of benzene rings is 1. The molecule has 2 N–H and O–H groups in total. The quantitative estimate of drug-likeness (QED) is 0.536. The number of hydrogen-bond donors (Lipinski definition) is 2. The zero-order valence-corrected chi connectivity index (χ0v) is 13.6. The Bertz CT molecular complexity index is 936. The van der Waals surface area contributed by atoms with Gasteiger partial charge in [-0.1, -0.05) is 11.3 Å². The van der Waals surface area contributed by atoms with Crippen molar-refractivity contribution in [3.63, 3.8) is 0 Å². The van der Waals surface area contributed by atoms with Gasteiger partial charge in [0.15, 0.2) is 4.80 Å². The first-order valence-electron chi connectivity index (χ1n) is 6.26. The summed E-state index contributed by atoms with van der Waals surface area (Å²) in [4.78, 5) is -0.157. The number of aromatic nitrogens is 1. The summed E-state index contributed by atoms with van der Waals surface area (Å²) in [6.07, 6.45) is -4.58. The molecule has 24 heavy (non-hydrogen) atoms. The van der Waals surface area contributed by atoms with Crippen LogP contribution in [0.3, 0.4) is 0 Å². The lowest BCUT2D eigenvalue weighted by atomic mass is 9.99. The summed E-state index contributed by atoms with van der Waals surface area (Å²) in [5, 5.41) is 7.60. The summed E-state index contributed by atoms with van der Waals surface area (Å²) in [6.45, 7) is -0.649. The average molecular weight is 390 g/mol. The molecule has 0 unspecified atom stereocenters. The second kappa shape index (κ2) is 5.77. The third-order valence-electron chi connectivity index (χ3n) is 3.04. The van der Waals surface area contributed by atoms with Crippen LogP contribution in [0.4, 0.5) is 22.0 Å². The minimum absolute atomic E-state index is 0.0455. The molecule has 0 radical (unpaired) electrons. The zero-order valence-electron chi connectivity index (χ0n) is 12.0. The summed E-state index contributed by atoms with van der Waals surface area (Å²) in [6, 6.07) is 1.68. The lowest BCUT2D eigenvalue weighted by Crippen LogP contribution is -2.34. The molecule has 3 rings (SSSR count). The fourth-order valence-corrected chi connectivity index (χ4v) is 3.32. The molecule has 1 aromatic heterocycles. The van der Waals surface area contributed by atoms with E-state index in [0.717, 1.165) is 28.0 Å². The van der Waals surface area contributed by atoms with E-state index in [1.54, 1.807) is 0 Å². The average Bonchev–Trinajstić information content (AvgIpc) is 2.61.